The second-order valence-electron chi connectivity index (χ2n) is 11.5. The number of fused-ring (bicyclic) bond motifs is 6. The van der Waals surface area contributed by atoms with Crippen molar-refractivity contribution in [2.75, 3.05) is 0 Å². The predicted molar refractivity (Wildman–Crippen MR) is 183 cm³/mol. The van der Waals surface area contributed by atoms with Crippen molar-refractivity contribution >= 4 is 55.4 Å². The second-order valence-corrected chi connectivity index (χ2v) is 11.5. The van der Waals surface area contributed by atoms with E-state index in [0.717, 1.165) is 72.0 Å². The van der Waals surface area contributed by atoms with Crippen LogP contribution in [0, 0.1) is 11.3 Å². The molecule has 2 N–H and O–H groups in total. The van der Waals surface area contributed by atoms with Gasteiger partial charge in [0.15, 0.2) is 5.84 Å². The summed E-state index contributed by atoms with van der Waals surface area (Å²) in [4.78, 5) is 10.2. The number of hydrogen-bond acceptors (Lipinski definition) is 4. The minimum atomic E-state index is -0.282. The van der Waals surface area contributed by atoms with Crippen LogP contribution in [0.4, 0.5) is 0 Å². The number of benzene rings is 6. The van der Waals surface area contributed by atoms with Gasteiger partial charge >= 0.3 is 0 Å². The Labute approximate surface area is 264 Å². The van der Waals surface area contributed by atoms with Crippen LogP contribution in [-0.4, -0.2) is 16.2 Å². The summed E-state index contributed by atoms with van der Waals surface area (Å²) in [7, 11) is 0. The van der Waals surface area contributed by atoms with E-state index in [2.05, 4.69) is 101 Å². The van der Waals surface area contributed by atoms with E-state index < -0.39 is 0 Å². The summed E-state index contributed by atoms with van der Waals surface area (Å²) < 4.78 is 8.59. The predicted octanol–water partition coefficient (Wildman–Crippen LogP) is 8.02. The molecule has 1 aliphatic rings. The number of para-hydroxylation sites is 2. The first-order valence-electron chi connectivity index (χ1n) is 15.3. The van der Waals surface area contributed by atoms with Gasteiger partial charge in [-0.2, -0.15) is 10.3 Å². The van der Waals surface area contributed by atoms with Gasteiger partial charge < -0.3 is 8.98 Å². The molecule has 0 spiro atoms. The lowest BCUT2D eigenvalue weighted by Crippen LogP contribution is -2.90. The van der Waals surface area contributed by atoms with E-state index >= 15 is 0 Å². The van der Waals surface area contributed by atoms with Gasteiger partial charge in [0.1, 0.15) is 11.2 Å². The lowest BCUT2D eigenvalue weighted by Gasteiger charge is -2.19. The number of nitriles is 1. The van der Waals surface area contributed by atoms with Crippen LogP contribution >= 0.6 is 0 Å². The highest BCUT2D eigenvalue weighted by Crippen LogP contribution is 2.38. The number of aromatic nitrogens is 1. The first kappa shape index (κ1) is 26.1. The molecule has 6 aromatic carbocycles. The zero-order valence-electron chi connectivity index (χ0n) is 24.6. The van der Waals surface area contributed by atoms with Gasteiger partial charge in [-0.3, -0.25) is 5.32 Å². The third kappa shape index (κ3) is 4.22. The molecule has 1 atom stereocenters. The van der Waals surface area contributed by atoms with E-state index in [0.29, 0.717) is 11.4 Å². The Kier molecular flexibility index (Phi) is 5.92. The number of nitrogens with zero attached hydrogens (tertiary/aromatic N) is 4. The third-order valence-electron chi connectivity index (χ3n) is 8.76. The maximum atomic E-state index is 9.56. The SMILES string of the molecule is N#Cc1cccc(C2N=C(c3cccc(-n4c5ccccc5c5cc6oc7ccccc7c6cc54)c3)N=C(c3ccccc3)[NH2+]2)c1. The van der Waals surface area contributed by atoms with Gasteiger partial charge in [0, 0.05) is 38.4 Å². The molecule has 3 heterocycles. The largest absolute Gasteiger partial charge is 0.456 e. The summed E-state index contributed by atoms with van der Waals surface area (Å²) in [6, 6.07) is 49.7. The molecule has 216 valence electrons. The van der Waals surface area contributed by atoms with Crippen LogP contribution in [0.15, 0.2) is 154 Å². The second kappa shape index (κ2) is 10.4. The summed E-state index contributed by atoms with van der Waals surface area (Å²) >= 11 is 0. The first-order chi connectivity index (χ1) is 22.7. The zero-order valence-corrected chi connectivity index (χ0v) is 24.6. The Morgan fingerprint density at radius 2 is 1.41 bits per heavy atom. The van der Waals surface area contributed by atoms with Crippen molar-refractivity contribution < 1.29 is 9.73 Å². The van der Waals surface area contributed by atoms with Crippen molar-refractivity contribution in [3.8, 4) is 11.8 Å². The van der Waals surface area contributed by atoms with Gasteiger partial charge in [0.2, 0.25) is 12.0 Å². The Bertz CT molecular complexity index is 2580. The molecule has 9 rings (SSSR count). The Morgan fingerprint density at radius 1 is 0.630 bits per heavy atom. The van der Waals surface area contributed by atoms with Crippen molar-refractivity contribution in [1.29, 1.82) is 5.26 Å². The highest BCUT2D eigenvalue weighted by Gasteiger charge is 2.26. The molecule has 0 amide bonds. The van der Waals surface area contributed by atoms with Crippen LogP contribution in [0.25, 0.3) is 49.4 Å². The summed E-state index contributed by atoms with van der Waals surface area (Å²) in [6.45, 7) is 0. The molecule has 8 aromatic rings. The summed E-state index contributed by atoms with van der Waals surface area (Å²) in [5.74, 6) is 1.51. The molecule has 0 radical (unpaired) electrons. The fourth-order valence-electron chi connectivity index (χ4n) is 6.62. The Morgan fingerprint density at radius 3 is 2.30 bits per heavy atom. The highest BCUT2D eigenvalue weighted by atomic mass is 16.3. The molecule has 0 saturated carbocycles. The molecule has 46 heavy (non-hydrogen) atoms. The molecule has 0 bridgehead atoms. The van der Waals surface area contributed by atoms with Gasteiger partial charge in [-0.25, -0.2) is 4.99 Å². The number of hydrogen-bond donors (Lipinski definition) is 1. The number of aliphatic imine (C=N–C) groups is 2. The van der Waals surface area contributed by atoms with Crippen LogP contribution in [-0.2, 0) is 0 Å². The number of nitrogens with two attached hydrogens (primary N) is 1. The molecule has 2 aromatic heterocycles. The number of amidine groups is 2. The van der Waals surface area contributed by atoms with Gasteiger partial charge in [-0.05, 0) is 60.7 Å². The first-order valence-corrected chi connectivity index (χ1v) is 15.3. The molecular formula is C40H26N5O+. The van der Waals surface area contributed by atoms with Gasteiger partial charge in [0.05, 0.1) is 28.2 Å². The van der Waals surface area contributed by atoms with Crippen molar-refractivity contribution in [1.82, 2.24) is 4.57 Å². The van der Waals surface area contributed by atoms with E-state index in [4.69, 9.17) is 14.4 Å². The van der Waals surface area contributed by atoms with Crippen molar-refractivity contribution in [3.63, 3.8) is 0 Å². The van der Waals surface area contributed by atoms with Crippen LogP contribution in [0.2, 0.25) is 0 Å². The monoisotopic (exact) mass is 592 g/mol. The van der Waals surface area contributed by atoms with E-state index in [-0.39, 0.29) is 6.17 Å². The van der Waals surface area contributed by atoms with Crippen molar-refractivity contribution in [2.24, 2.45) is 9.98 Å². The molecule has 6 nitrogen and oxygen atoms in total. The molecule has 6 heteroatoms. The minimum absolute atomic E-state index is 0.282. The Hall–Kier alpha value is -6.29. The van der Waals surface area contributed by atoms with Crippen molar-refractivity contribution in [3.05, 3.63) is 162 Å². The lowest BCUT2D eigenvalue weighted by molar-refractivity contribution is -0.586. The number of furan rings is 1. The zero-order chi connectivity index (χ0) is 30.6. The van der Waals surface area contributed by atoms with E-state index in [1.807, 2.05) is 54.6 Å². The summed E-state index contributed by atoms with van der Waals surface area (Å²) in [5, 5.41) is 16.1. The summed E-state index contributed by atoms with van der Waals surface area (Å²) in [6.07, 6.45) is -0.282. The molecule has 1 unspecified atom stereocenters. The smallest absolute Gasteiger partial charge is 0.235 e. The lowest BCUT2D eigenvalue weighted by atomic mass is 10.1. The Balaban J connectivity index is 1.24. The van der Waals surface area contributed by atoms with E-state index in [9.17, 15) is 5.26 Å². The standard InChI is InChI=1S/C40H25N5O/c41-24-25-10-8-13-27(20-25)39-42-38(26-11-2-1-3-12-26)43-40(44-39)28-14-9-15-29(21-28)45-34-18-6-4-16-30(34)32-23-37-33(22-35(32)45)31-17-5-7-19-36(31)46-37/h1-23,39H,(H,42,43,44)/p+1. The van der Waals surface area contributed by atoms with Gasteiger partial charge in [-0.1, -0.05) is 78.9 Å². The van der Waals surface area contributed by atoms with E-state index in [1.54, 1.807) is 0 Å². The highest BCUT2D eigenvalue weighted by molar-refractivity contribution is 6.17. The molecular weight excluding hydrogens is 566 g/mol. The van der Waals surface area contributed by atoms with Crippen LogP contribution in [0.1, 0.15) is 28.4 Å². The van der Waals surface area contributed by atoms with Gasteiger partial charge in [0.25, 0.3) is 0 Å². The van der Waals surface area contributed by atoms with Crippen molar-refractivity contribution in [2.45, 2.75) is 6.17 Å². The number of rotatable bonds is 4. The quantitative estimate of drug-likeness (QED) is 0.224. The average Bonchev–Trinajstić information content (AvgIpc) is 3.65. The fourth-order valence-corrected chi connectivity index (χ4v) is 6.62. The summed E-state index contributed by atoms with van der Waals surface area (Å²) in [5.41, 5.74) is 8.51. The van der Waals surface area contributed by atoms with Crippen LogP contribution in [0.3, 0.4) is 0 Å². The fraction of sp³-hybridized carbons (Fsp3) is 0.0250. The molecule has 0 saturated heterocycles. The van der Waals surface area contributed by atoms with Gasteiger partial charge in [-0.15, -0.1) is 0 Å². The maximum Gasteiger partial charge on any atom is 0.235 e. The minimum Gasteiger partial charge on any atom is -0.456 e. The average molecular weight is 593 g/mol. The normalized spacial score (nSPS) is 14.9. The third-order valence-corrected chi connectivity index (χ3v) is 8.76. The molecule has 0 fully saturated rings. The topological polar surface area (TPSA) is 83.2 Å². The van der Waals surface area contributed by atoms with Crippen LogP contribution < -0.4 is 5.32 Å². The van der Waals surface area contributed by atoms with E-state index in [1.165, 1.54) is 0 Å². The molecule has 1 aliphatic heterocycles. The van der Waals surface area contributed by atoms with Crippen LogP contribution in [0.5, 0.6) is 0 Å². The molecule has 0 aliphatic carbocycles. The maximum absolute atomic E-state index is 9.56. The number of quaternary nitrogens is 1.